The summed E-state index contributed by atoms with van der Waals surface area (Å²) >= 11 is 0. The molecule has 1 aliphatic heterocycles. The van der Waals surface area contributed by atoms with Crippen molar-refractivity contribution in [1.29, 1.82) is 0 Å². The lowest BCUT2D eigenvalue weighted by atomic mass is 9.93. The summed E-state index contributed by atoms with van der Waals surface area (Å²) in [5.41, 5.74) is 3.77. The summed E-state index contributed by atoms with van der Waals surface area (Å²) in [6.07, 6.45) is -2.86. The van der Waals surface area contributed by atoms with Gasteiger partial charge in [0, 0.05) is 11.8 Å². The van der Waals surface area contributed by atoms with Gasteiger partial charge < -0.3 is 9.47 Å². The molecule has 1 atom stereocenters. The molecule has 1 N–H and O–H groups in total. The smallest absolute Gasteiger partial charge is 0.471 e. The Morgan fingerprint density at radius 3 is 2.53 bits per heavy atom. The van der Waals surface area contributed by atoms with Crippen molar-refractivity contribution < 1.29 is 37.1 Å². The van der Waals surface area contributed by atoms with Crippen molar-refractivity contribution in [3.63, 3.8) is 0 Å². The number of rotatable bonds is 9. The molecule has 0 bridgehead atoms. The standard InChI is InChI=1S/C24H23F3N2O5/c1-3-13-33-19-12-8-11-17-20(19)18(28-34-15-16-9-6-5-7-10-16)14-29(23(31)24(25,26)27)21(17)22(30)32-4-2/h3,5-12,14,21,28H,1,4,13,15H2,2H3. The third kappa shape index (κ3) is 5.57. The molecule has 3 rings (SSSR count). The molecule has 7 nitrogen and oxygen atoms in total. The van der Waals surface area contributed by atoms with E-state index in [9.17, 15) is 22.8 Å². The Morgan fingerprint density at radius 1 is 1.15 bits per heavy atom. The van der Waals surface area contributed by atoms with E-state index >= 15 is 0 Å². The number of ether oxygens (including phenoxy) is 2. The molecule has 1 amide bonds. The molecule has 10 heteroatoms. The molecule has 0 saturated heterocycles. The third-order valence-corrected chi connectivity index (χ3v) is 4.78. The lowest BCUT2D eigenvalue weighted by Crippen LogP contribution is -2.45. The van der Waals surface area contributed by atoms with Crippen LogP contribution in [0.4, 0.5) is 13.2 Å². The zero-order valence-corrected chi connectivity index (χ0v) is 18.3. The van der Waals surface area contributed by atoms with E-state index in [1.54, 1.807) is 18.2 Å². The van der Waals surface area contributed by atoms with Crippen LogP contribution in [-0.4, -0.2) is 36.2 Å². The van der Waals surface area contributed by atoms with Gasteiger partial charge in [-0.1, -0.05) is 55.1 Å². The van der Waals surface area contributed by atoms with E-state index in [-0.39, 0.29) is 42.4 Å². The van der Waals surface area contributed by atoms with Crippen molar-refractivity contribution >= 4 is 17.6 Å². The Kier molecular flexibility index (Phi) is 7.95. The summed E-state index contributed by atoms with van der Waals surface area (Å²) in [6, 6.07) is 11.9. The summed E-state index contributed by atoms with van der Waals surface area (Å²) < 4.78 is 50.9. The Labute approximate surface area is 194 Å². The number of nitrogens with zero attached hydrogens (tertiary/aromatic N) is 1. The van der Waals surface area contributed by atoms with Gasteiger partial charge in [0.05, 0.1) is 18.9 Å². The average Bonchev–Trinajstić information content (AvgIpc) is 2.81. The second-order valence-electron chi connectivity index (χ2n) is 7.10. The summed E-state index contributed by atoms with van der Waals surface area (Å²) in [6.45, 7) is 5.20. The molecule has 2 aromatic rings. The molecule has 0 saturated carbocycles. The fourth-order valence-electron chi connectivity index (χ4n) is 3.39. The number of hydroxylamine groups is 1. The normalized spacial score (nSPS) is 15.1. The Bertz CT molecular complexity index is 1070. The van der Waals surface area contributed by atoms with Gasteiger partial charge in [-0.3, -0.25) is 20.0 Å². The lowest BCUT2D eigenvalue weighted by Gasteiger charge is -2.35. The van der Waals surface area contributed by atoms with Crippen LogP contribution in [-0.2, 0) is 25.8 Å². The van der Waals surface area contributed by atoms with E-state index in [1.165, 1.54) is 25.1 Å². The monoisotopic (exact) mass is 476 g/mol. The van der Waals surface area contributed by atoms with Gasteiger partial charge in [-0.05, 0) is 24.1 Å². The quantitative estimate of drug-likeness (QED) is 0.331. The first-order valence-corrected chi connectivity index (χ1v) is 10.3. The number of alkyl halides is 3. The number of hydrogen-bond donors (Lipinski definition) is 1. The first-order chi connectivity index (χ1) is 16.3. The van der Waals surface area contributed by atoms with E-state index in [4.69, 9.17) is 14.3 Å². The van der Waals surface area contributed by atoms with Gasteiger partial charge in [-0.15, -0.1) is 0 Å². The zero-order valence-electron chi connectivity index (χ0n) is 18.3. The van der Waals surface area contributed by atoms with E-state index < -0.39 is 24.1 Å². The molecule has 34 heavy (non-hydrogen) atoms. The van der Waals surface area contributed by atoms with Gasteiger partial charge in [-0.25, -0.2) is 4.79 Å². The first-order valence-electron chi connectivity index (χ1n) is 10.3. The zero-order chi connectivity index (χ0) is 24.7. The van der Waals surface area contributed by atoms with Crippen molar-refractivity contribution in [2.45, 2.75) is 25.7 Å². The molecule has 180 valence electrons. The number of benzene rings is 2. The maximum Gasteiger partial charge on any atom is 0.471 e. The molecule has 1 aliphatic rings. The fraction of sp³-hybridized carbons (Fsp3) is 0.250. The molecule has 2 aromatic carbocycles. The van der Waals surface area contributed by atoms with Crippen LogP contribution in [0.2, 0.25) is 0 Å². The number of halogens is 3. The van der Waals surface area contributed by atoms with E-state index in [0.717, 1.165) is 11.8 Å². The molecular formula is C24H23F3N2O5. The van der Waals surface area contributed by atoms with Gasteiger partial charge >= 0.3 is 18.1 Å². The highest BCUT2D eigenvalue weighted by Gasteiger charge is 2.49. The number of nitrogens with one attached hydrogen (secondary N) is 1. The highest BCUT2D eigenvalue weighted by molar-refractivity contribution is 5.93. The summed E-state index contributed by atoms with van der Waals surface area (Å²) in [4.78, 5) is 30.8. The molecule has 0 radical (unpaired) electrons. The number of carbonyl (C=O) groups is 2. The average molecular weight is 476 g/mol. The highest BCUT2D eigenvalue weighted by atomic mass is 19.4. The Hall–Kier alpha value is -3.79. The number of carbonyl (C=O) groups excluding carboxylic acids is 2. The summed E-state index contributed by atoms with van der Waals surface area (Å²) in [5, 5.41) is 0. The van der Waals surface area contributed by atoms with E-state index in [1.807, 2.05) is 18.2 Å². The van der Waals surface area contributed by atoms with Gasteiger partial charge in [0.25, 0.3) is 0 Å². The van der Waals surface area contributed by atoms with Crippen molar-refractivity contribution in [3.8, 4) is 5.75 Å². The van der Waals surface area contributed by atoms with Crippen LogP contribution < -0.4 is 10.2 Å². The van der Waals surface area contributed by atoms with Crippen LogP contribution >= 0.6 is 0 Å². The lowest BCUT2D eigenvalue weighted by molar-refractivity contribution is -0.187. The third-order valence-electron chi connectivity index (χ3n) is 4.78. The molecule has 0 spiro atoms. The van der Waals surface area contributed by atoms with Crippen molar-refractivity contribution in [2.24, 2.45) is 0 Å². The largest absolute Gasteiger partial charge is 0.489 e. The van der Waals surface area contributed by atoms with Gasteiger partial charge in [0.1, 0.15) is 12.4 Å². The topological polar surface area (TPSA) is 77.1 Å². The number of fused-ring (bicyclic) bond motifs is 1. The molecular weight excluding hydrogens is 453 g/mol. The predicted molar refractivity (Wildman–Crippen MR) is 117 cm³/mol. The van der Waals surface area contributed by atoms with Crippen molar-refractivity contribution in [2.75, 3.05) is 13.2 Å². The van der Waals surface area contributed by atoms with Crippen molar-refractivity contribution in [3.05, 3.63) is 84.1 Å². The van der Waals surface area contributed by atoms with Crippen LogP contribution in [0, 0.1) is 0 Å². The second-order valence-corrected chi connectivity index (χ2v) is 7.10. The minimum Gasteiger partial charge on any atom is -0.489 e. The number of amides is 1. The fourth-order valence-corrected chi connectivity index (χ4v) is 3.39. The first kappa shape index (κ1) is 24.8. The maximum absolute atomic E-state index is 13.4. The van der Waals surface area contributed by atoms with Crippen LogP contribution in [0.1, 0.15) is 29.7 Å². The molecule has 1 unspecified atom stereocenters. The van der Waals surface area contributed by atoms with E-state index in [0.29, 0.717) is 4.90 Å². The Morgan fingerprint density at radius 2 is 1.88 bits per heavy atom. The molecule has 0 fully saturated rings. The summed E-state index contributed by atoms with van der Waals surface area (Å²) in [7, 11) is 0. The highest BCUT2D eigenvalue weighted by Crippen LogP contribution is 2.41. The van der Waals surface area contributed by atoms with Crippen LogP contribution in [0.3, 0.4) is 0 Å². The van der Waals surface area contributed by atoms with Crippen molar-refractivity contribution in [1.82, 2.24) is 10.4 Å². The van der Waals surface area contributed by atoms with E-state index in [2.05, 4.69) is 12.1 Å². The van der Waals surface area contributed by atoms with Crippen LogP contribution in [0.25, 0.3) is 5.70 Å². The summed E-state index contributed by atoms with van der Waals surface area (Å²) in [5.74, 6) is -2.98. The minimum atomic E-state index is -5.23. The number of hydrogen-bond acceptors (Lipinski definition) is 6. The maximum atomic E-state index is 13.4. The van der Waals surface area contributed by atoms with Crippen LogP contribution in [0.15, 0.2) is 67.4 Å². The Balaban J connectivity index is 2.06. The molecule has 1 heterocycles. The van der Waals surface area contributed by atoms with Gasteiger partial charge in [-0.2, -0.15) is 13.2 Å². The second kappa shape index (κ2) is 10.9. The predicted octanol–water partition coefficient (Wildman–Crippen LogP) is 4.28. The minimum absolute atomic E-state index is 0.00346. The SMILES string of the molecule is C=CCOc1cccc2c1C(NOCc1ccccc1)=CN(C(=O)C(F)(F)F)C2C(=O)OCC. The molecule has 0 aromatic heterocycles. The van der Waals surface area contributed by atoms with Gasteiger partial charge in [0.2, 0.25) is 0 Å². The molecule has 0 aliphatic carbocycles. The number of esters is 1. The van der Waals surface area contributed by atoms with Gasteiger partial charge in [0.15, 0.2) is 6.04 Å². The van der Waals surface area contributed by atoms with Crippen LogP contribution in [0.5, 0.6) is 5.75 Å².